The van der Waals surface area contributed by atoms with Gasteiger partial charge in [0, 0.05) is 28.8 Å². The second kappa shape index (κ2) is 4.51. The van der Waals surface area contributed by atoms with E-state index in [0.717, 1.165) is 10.2 Å². The van der Waals surface area contributed by atoms with Gasteiger partial charge in [-0.15, -0.1) is 5.10 Å². The third kappa shape index (κ3) is 1.79. The lowest BCUT2D eigenvalue weighted by Gasteiger charge is -2.08. The lowest BCUT2D eigenvalue weighted by Crippen LogP contribution is -2.24. The van der Waals surface area contributed by atoms with Gasteiger partial charge in [0.15, 0.2) is 3.83 Å². The molecule has 2 heterocycles. The van der Waals surface area contributed by atoms with Crippen LogP contribution in [0, 0.1) is 3.83 Å². The maximum absolute atomic E-state index is 12.5. The van der Waals surface area contributed by atoms with Gasteiger partial charge in [-0.2, -0.15) is 0 Å². The molecule has 0 aliphatic carbocycles. The second-order valence-electron chi connectivity index (χ2n) is 3.70. The fraction of sp³-hybridized carbons (Fsp3) is 0. The van der Waals surface area contributed by atoms with Crippen molar-refractivity contribution in [2.24, 2.45) is 0 Å². The molecule has 0 aliphatic rings. The van der Waals surface area contributed by atoms with Crippen LogP contribution in [0.15, 0.2) is 51.9 Å². The molecular formula is C12H7BrIN3O. The molecule has 0 atom stereocenters. The van der Waals surface area contributed by atoms with Gasteiger partial charge in [0.05, 0.1) is 10.2 Å². The average molecular weight is 416 g/mol. The van der Waals surface area contributed by atoms with Crippen molar-refractivity contribution in [1.82, 2.24) is 14.2 Å². The summed E-state index contributed by atoms with van der Waals surface area (Å²) in [4.78, 5) is 12.5. The molecule has 0 saturated carbocycles. The van der Waals surface area contributed by atoms with Gasteiger partial charge in [-0.25, -0.2) is 4.52 Å². The van der Waals surface area contributed by atoms with Gasteiger partial charge in [0.25, 0.3) is 5.56 Å². The Labute approximate surface area is 125 Å². The zero-order valence-corrected chi connectivity index (χ0v) is 12.8. The zero-order chi connectivity index (χ0) is 12.7. The molecule has 3 rings (SSSR count). The van der Waals surface area contributed by atoms with E-state index in [2.05, 4.69) is 43.6 Å². The van der Waals surface area contributed by atoms with Crippen LogP contribution in [0.4, 0.5) is 0 Å². The molecule has 0 aliphatic heterocycles. The predicted molar refractivity (Wildman–Crippen MR) is 81.2 cm³/mol. The van der Waals surface area contributed by atoms with Crippen LogP contribution in [0.3, 0.4) is 0 Å². The molecule has 18 heavy (non-hydrogen) atoms. The van der Waals surface area contributed by atoms with Crippen LogP contribution in [0.25, 0.3) is 11.2 Å². The first-order valence-corrected chi connectivity index (χ1v) is 7.06. The Bertz CT molecular complexity index is 779. The van der Waals surface area contributed by atoms with Crippen LogP contribution in [0.1, 0.15) is 0 Å². The predicted octanol–water partition coefficient (Wildman–Crippen LogP) is 2.85. The largest absolute Gasteiger partial charge is 0.284 e. The third-order valence-electron chi connectivity index (χ3n) is 2.61. The van der Waals surface area contributed by atoms with E-state index in [9.17, 15) is 4.79 Å². The molecule has 3 aromatic rings. The smallest absolute Gasteiger partial charge is 0.266 e. The molecule has 6 heteroatoms. The Morgan fingerprint density at radius 3 is 2.61 bits per heavy atom. The summed E-state index contributed by atoms with van der Waals surface area (Å²) in [6.07, 6.45) is 1.76. The summed E-state index contributed by atoms with van der Waals surface area (Å²) in [5.74, 6) is 0. The summed E-state index contributed by atoms with van der Waals surface area (Å²) in [7, 11) is 0. The van der Waals surface area contributed by atoms with Crippen molar-refractivity contribution in [3.8, 4) is 5.69 Å². The highest BCUT2D eigenvalue weighted by Gasteiger charge is 2.13. The van der Waals surface area contributed by atoms with Gasteiger partial charge in [-0.05, 0) is 34.1 Å². The topological polar surface area (TPSA) is 39.3 Å². The highest BCUT2D eigenvalue weighted by atomic mass is 127. The van der Waals surface area contributed by atoms with Crippen molar-refractivity contribution in [1.29, 1.82) is 0 Å². The first-order valence-electron chi connectivity index (χ1n) is 5.19. The second-order valence-corrected chi connectivity index (χ2v) is 5.52. The fourth-order valence-corrected chi connectivity index (χ4v) is 3.01. The number of rotatable bonds is 1. The molecule has 0 saturated heterocycles. The molecule has 0 amide bonds. The standard InChI is InChI=1S/C12H7BrIN3O/c13-9-6-7-16-10(9)11(18)17(12(14)15-16)8-4-2-1-3-5-8/h1-7H. The summed E-state index contributed by atoms with van der Waals surface area (Å²) in [5, 5.41) is 4.37. The molecule has 0 fully saturated rings. The molecule has 0 unspecified atom stereocenters. The van der Waals surface area contributed by atoms with Crippen LogP contribution in [0.2, 0.25) is 0 Å². The molecule has 2 aromatic heterocycles. The fourth-order valence-electron chi connectivity index (χ4n) is 1.81. The molecule has 0 radical (unpaired) electrons. The van der Waals surface area contributed by atoms with E-state index in [1.54, 1.807) is 15.3 Å². The average Bonchev–Trinajstić information content (AvgIpc) is 2.72. The Kier molecular flexibility index (Phi) is 2.98. The lowest BCUT2D eigenvalue weighted by molar-refractivity contribution is 0.791. The molecule has 0 bridgehead atoms. The summed E-state index contributed by atoms with van der Waals surface area (Å²) < 4.78 is 4.56. The molecule has 1 aromatic carbocycles. The highest BCUT2D eigenvalue weighted by molar-refractivity contribution is 14.1. The summed E-state index contributed by atoms with van der Waals surface area (Å²) >= 11 is 5.43. The van der Waals surface area contributed by atoms with Crippen molar-refractivity contribution in [2.45, 2.75) is 0 Å². The van der Waals surface area contributed by atoms with Gasteiger partial charge in [0.2, 0.25) is 0 Å². The molecule has 0 N–H and O–H groups in total. The minimum Gasteiger partial charge on any atom is -0.266 e. The van der Waals surface area contributed by atoms with Crippen LogP contribution in [0.5, 0.6) is 0 Å². The first kappa shape index (κ1) is 11.9. The van der Waals surface area contributed by atoms with E-state index in [-0.39, 0.29) is 5.56 Å². The first-order chi connectivity index (χ1) is 8.68. The molecule has 90 valence electrons. The van der Waals surface area contributed by atoms with Gasteiger partial charge >= 0.3 is 0 Å². The zero-order valence-electron chi connectivity index (χ0n) is 9.05. The Balaban J connectivity index is 2.43. The lowest BCUT2D eigenvalue weighted by atomic mass is 10.3. The number of aromatic nitrogens is 3. The third-order valence-corrected chi connectivity index (χ3v) is 3.95. The number of benzene rings is 1. The molecule has 4 nitrogen and oxygen atoms in total. The number of hydrogen-bond donors (Lipinski definition) is 0. The summed E-state index contributed by atoms with van der Waals surface area (Å²) in [6, 6.07) is 11.3. The van der Waals surface area contributed by atoms with Gasteiger partial charge < -0.3 is 0 Å². The highest BCUT2D eigenvalue weighted by Crippen LogP contribution is 2.17. The van der Waals surface area contributed by atoms with Crippen molar-refractivity contribution < 1.29 is 0 Å². The normalized spacial score (nSPS) is 11.0. The Morgan fingerprint density at radius 2 is 1.89 bits per heavy atom. The number of nitrogens with zero attached hydrogens (tertiary/aromatic N) is 3. The summed E-state index contributed by atoms with van der Waals surface area (Å²) in [6.45, 7) is 0. The van der Waals surface area contributed by atoms with Gasteiger partial charge in [-0.3, -0.25) is 9.36 Å². The molecular weight excluding hydrogens is 409 g/mol. The van der Waals surface area contributed by atoms with Crippen molar-refractivity contribution in [3.05, 3.63) is 61.3 Å². The van der Waals surface area contributed by atoms with E-state index >= 15 is 0 Å². The Morgan fingerprint density at radius 1 is 1.17 bits per heavy atom. The maximum Gasteiger partial charge on any atom is 0.284 e. The quantitative estimate of drug-likeness (QED) is 0.573. The van der Waals surface area contributed by atoms with E-state index in [4.69, 9.17) is 0 Å². The van der Waals surface area contributed by atoms with Crippen LogP contribution < -0.4 is 5.56 Å². The van der Waals surface area contributed by atoms with E-state index in [1.807, 2.05) is 36.4 Å². The van der Waals surface area contributed by atoms with E-state index < -0.39 is 0 Å². The minimum absolute atomic E-state index is 0.0857. The van der Waals surface area contributed by atoms with Crippen molar-refractivity contribution >= 4 is 44.0 Å². The van der Waals surface area contributed by atoms with E-state index in [0.29, 0.717) is 9.35 Å². The van der Waals surface area contributed by atoms with Crippen LogP contribution in [-0.4, -0.2) is 14.2 Å². The summed E-state index contributed by atoms with van der Waals surface area (Å²) in [5.41, 5.74) is 1.27. The number of fused-ring (bicyclic) bond motifs is 1. The SMILES string of the molecule is O=c1c2c(Br)ccn2nc(I)n1-c1ccccc1. The minimum atomic E-state index is -0.0857. The van der Waals surface area contributed by atoms with E-state index in [1.165, 1.54) is 0 Å². The van der Waals surface area contributed by atoms with Gasteiger partial charge in [-0.1, -0.05) is 18.2 Å². The number of halogens is 2. The van der Waals surface area contributed by atoms with Gasteiger partial charge in [0.1, 0.15) is 5.52 Å². The van der Waals surface area contributed by atoms with Crippen molar-refractivity contribution in [3.63, 3.8) is 0 Å². The Hall–Kier alpha value is -1.15. The monoisotopic (exact) mass is 415 g/mol. The van der Waals surface area contributed by atoms with Crippen molar-refractivity contribution in [2.75, 3.05) is 0 Å². The maximum atomic E-state index is 12.5. The van der Waals surface area contributed by atoms with Crippen LogP contribution in [-0.2, 0) is 0 Å². The van der Waals surface area contributed by atoms with Crippen LogP contribution >= 0.6 is 38.5 Å². The number of hydrogen-bond acceptors (Lipinski definition) is 2. The number of para-hydroxylation sites is 1. The molecule has 0 spiro atoms.